The third-order valence-electron chi connectivity index (χ3n) is 2.70. The number of hydrogen-bond donors (Lipinski definition) is 3. The van der Waals surface area contributed by atoms with Crippen molar-refractivity contribution in [2.45, 2.75) is 58.4 Å². The van der Waals surface area contributed by atoms with Crippen LogP contribution in [-0.4, -0.2) is 30.2 Å². The molecule has 1 unspecified atom stereocenters. The maximum Gasteiger partial charge on any atom is 0.220 e. The summed E-state index contributed by atoms with van der Waals surface area (Å²) in [7, 11) is 0. The number of amides is 1. The molecule has 1 amide bonds. The Morgan fingerprint density at radius 3 is 2.41 bits per heavy atom. The van der Waals surface area contributed by atoms with Gasteiger partial charge in [-0.05, 0) is 31.7 Å². The number of carbonyl (C=O) groups is 1. The highest BCUT2D eigenvalue weighted by atomic mass is 16.3. The highest BCUT2D eigenvalue weighted by molar-refractivity contribution is 5.76. The van der Waals surface area contributed by atoms with Crippen LogP contribution >= 0.6 is 0 Å². The Labute approximate surface area is 105 Å². The highest BCUT2D eigenvalue weighted by Gasteiger charge is 2.12. The fraction of sp³-hybridized carbons (Fsp3) is 0.923. The van der Waals surface area contributed by atoms with Crippen LogP contribution in [-0.2, 0) is 4.79 Å². The number of nitrogens with two attached hydrogens (primary N) is 1. The Balaban J connectivity index is 3.61. The fourth-order valence-corrected chi connectivity index (χ4v) is 1.83. The van der Waals surface area contributed by atoms with Crippen LogP contribution in [0.4, 0.5) is 0 Å². The molecule has 0 aliphatic carbocycles. The number of nitrogens with one attached hydrogen (secondary N) is 1. The van der Waals surface area contributed by atoms with Crippen LogP contribution < -0.4 is 11.1 Å². The van der Waals surface area contributed by atoms with Crippen molar-refractivity contribution >= 4 is 5.91 Å². The molecule has 102 valence electrons. The van der Waals surface area contributed by atoms with Crippen molar-refractivity contribution in [3.8, 4) is 0 Å². The van der Waals surface area contributed by atoms with E-state index in [0.717, 1.165) is 38.6 Å². The predicted molar refractivity (Wildman–Crippen MR) is 70.6 cm³/mol. The minimum Gasteiger partial charge on any atom is -0.394 e. The van der Waals surface area contributed by atoms with Crippen LogP contribution in [0.5, 0.6) is 0 Å². The first kappa shape index (κ1) is 16.4. The molecule has 0 rings (SSSR count). The summed E-state index contributed by atoms with van der Waals surface area (Å²) in [5.74, 6) is 0.537. The molecule has 0 saturated carbocycles. The topological polar surface area (TPSA) is 75.3 Å². The molecular weight excluding hydrogens is 216 g/mol. The molecule has 17 heavy (non-hydrogen) atoms. The molecule has 0 aromatic rings. The predicted octanol–water partition coefficient (Wildman–Crippen LogP) is 1.42. The first-order valence-electron chi connectivity index (χ1n) is 6.70. The van der Waals surface area contributed by atoms with Gasteiger partial charge in [-0.15, -0.1) is 0 Å². The van der Waals surface area contributed by atoms with Crippen molar-refractivity contribution in [1.29, 1.82) is 0 Å². The molecule has 0 radical (unpaired) electrons. The SMILES string of the molecule is CC(C)CC(CO)NC(=O)CCCCCCN. The van der Waals surface area contributed by atoms with Gasteiger partial charge in [0, 0.05) is 6.42 Å². The molecule has 4 heteroatoms. The lowest BCUT2D eigenvalue weighted by atomic mass is 10.0. The van der Waals surface area contributed by atoms with Gasteiger partial charge in [0.05, 0.1) is 12.6 Å². The van der Waals surface area contributed by atoms with Crippen LogP contribution in [0.25, 0.3) is 0 Å². The molecule has 4 nitrogen and oxygen atoms in total. The standard InChI is InChI=1S/C13H28N2O2/c1-11(2)9-12(10-16)15-13(17)7-5-3-4-6-8-14/h11-12,16H,3-10,14H2,1-2H3,(H,15,17). The molecule has 0 spiro atoms. The lowest BCUT2D eigenvalue weighted by Gasteiger charge is -2.18. The Morgan fingerprint density at radius 2 is 1.88 bits per heavy atom. The number of aliphatic hydroxyl groups excluding tert-OH is 1. The largest absolute Gasteiger partial charge is 0.394 e. The number of rotatable bonds is 10. The molecule has 0 fully saturated rings. The van der Waals surface area contributed by atoms with Gasteiger partial charge in [-0.1, -0.05) is 26.7 Å². The summed E-state index contributed by atoms with van der Waals surface area (Å²) in [5.41, 5.74) is 5.39. The van der Waals surface area contributed by atoms with Gasteiger partial charge in [0.25, 0.3) is 0 Å². The lowest BCUT2D eigenvalue weighted by molar-refractivity contribution is -0.122. The van der Waals surface area contributed by atoms with Gasteiger partial charge in [-0.2, -0.15) is 0 Å². The zero-order valence-corrected chi connectivity index (χ0v) is 11.2. The first-order chi connectivity index (χ1) is 8.10. The van der Waals surface area contributed by atoms with Crippen molar-refractivity contribution in [2.24, 2.45) is 11.7 Å². The highest BCUT2D eigenvalue weighted by Crippen LogP contribution is 2.06. The Hall–Kier alpha value is -0.610. The number of aliphatic hydroxyl groups is 1. The first-order valence-corrected chi connectivity index (χ1v) is 6.70. The second-order valence-electron chi connectivity index (χ2n) is 5.03. The van der Waals surface area contributed by atoms with Gasteiger partial charge >= 0.3 is 0 Å². The maximum absolute atomic E-state index is 11.6. The molecule has 0 aliphatic rings. The molecule has 4 N–H and O–H groups in total. The molecule has 0 aliphatic heterocycles. The van der Waals surface area contributed by atoms with E-state index < -0.39 is 0 Å². The van der Waals surface area contributed by atoms with Crippen LogP contribution in [0.15, 0.2) is 0 Å². The van der Waals surface area contributed by atoms with Gasteiger partial charge < -0.3 is 16.2 Å². The molecular formula is C13H28N2O2. The zero-order chi connectivity index (χ0) is 13.1. The maximum atomic E-state index is 11.6. The Morgan fingerprint density at radius 1 is 1.24 bits per heavy atom. The monoisotopic (exact) mass is 244 g/mol. The molecule has 0 aromatic heterocycles. The van der Waals surface area contributed by atoms with Crippen LogP contribution in [0.3, 0.4) is 0 Å². The summed E-state index contributed by atoms with van der Waals surface area (Å²) >= 11 is 0. The van der Waals surface area contributed by atoms with Crippen molar-refractivity contribution in [3.63, 3.8) is 0 Å². The fourth-order valence-electron chi connectivity index (χ4n) is 1.83. The van der Waals surface area contributed by atoms with E-state index >= 15 is 0 Å². The van der Waals surface area contributed by atoms with Crippen molar-refractivity contribution in [3.05, 3.63) is 0 Å². The van der Waals surface area contributed by atoms with E-state index in [0.29, 0.717) is 12.3 Å². The zero-order valence-electron chi connectivity index (χ0n) is 11.2. The average molecular weight is 244 g/mol. The summed E-state index contributed by atoms with van der Waals surface area (Å²) in [6.45, 7) is 4.92. The van der Waals surface area contributed by atoms with E-state index in [9.17, 15) is 4.79 Å². The van der Waals surface area contributed by atoms with Gasteiger partial charge in [-0.25, -0.2) is 0 Å². The molecule has 0 heterocycles. The summed E-state index contributed by atoms with van der Waals surface area (Å²) in [4.78, 5) is 11.6. The molecule has 0 aromatic carbocycles. The van der Waals surface area contributed by atoms with E-state index in [1.807, 2.05) is 0 Å². The summed E-state index contributed by atoms with van der Waals surface area (Å²) < 4.78 is 0. The van der Waals surface area contributed by atoms with Crippen molar-refractivity contribution < 1.29 is 9.90 Å². The van der Waals surface area contributed by atoms with Crippen LogP contribution in [0, 0.1) is 5.92 Å². The molecule has 1 atom stereocenters. The Kier molecular flexibility index (Phi) is 10.2. The van der Waals surface area contributed by atoms with Gasteiger partial charge in [0.15, 0.2) is 0 Å². The van der Waals surface area contributed by atoms with Gasteiger partial charge in [-0.3, -0.25) is 4.79 Å². The smallest absolute Gasteiger partial charge is 0.220 e. The average Bonchev–Trinajstić information content (AvgIpc) is 2.27. The minimum atomic E-state index is -0.0912. The second kappa shape index (κ2) is 10.5. The third-order valence-corrected chi connectivity index (χ3v) is 2.70. The van der Waals surface area contributed by atoms with Crippen molar-refractivity contribution in [2.75, 3.05) is 13.2 Å². The van der Waals surface area contributed by atoms with E-state index in [1.54, 1.807) is 0 Å². The number of hydrogen-bond acceptors (Lipinski definition) is 3. The lowest BCUT2D eigenvalue weighted by Crippen LogP contribution is -2.38. The third kappa shape index (κ3) is 10.3. The van der Waals surface area contributed by atoms with Crippen molar-refractivity contribution in [1.82, 2.24) is 5.32 Å². The summed E-state index contributed by atoms with van der Waals surface area (Å²) in [5, 5.41) is 12.0. The van der Waals surface area contributed by atoms with Gasteiger partial charge in [0.2, 0.25) is 5.91 Å². The van der Waals surface area contributed by atoms with E-state index in [2.05, 4.69) is 19.2 Å². The van der Waals surface area contributed by atoms with Crippen LogP contribution in [0.1, 0.15) is 52.4 Å². The normalized spacial score (nSPS) is 12.8. The number of carbonyl (C=O) groups excluding carboxylic acids is 1. The Bertz CT molecular complexity index is 196. The molecule has 0 saturated heterocycles. The quantitative estimate of drug-likeness (QED) is 0.509. The second-order valence-corrected chi connectivity index (χ2v) is 5.03. The summed E-state index contributed by atoms with van der Waals surface area (Å²) in [6.07, 6.45) is 5.48. The van der Waals surface area contributed by atoms with E-state index in [1.165, 1.54) is 0 Å². The van der Waals surface area contributed by atoms with E-state index in [-0.39, 0.29) is 18.6 Å². The minimum absolute atomic E-state index is 0.0249. The van der Waals surface area contributed by atoms with E-state index in [4.69, 9.17) is 10.8 Å². The van der Waals surface area contributed by atoms with Crippen LogP contribution in [0.2, 0.25) is 0 Å². The molecule has 0 bridgehead atoms. The number of unbranched alkanes of at least 4 members (excludes halogenated alkanes) is 3. The summed E-state index contributed by atoms with van der Waals surface area (Å²) in [6, 6.07) is -0.0912. The van der Waals surface area contributed by atoms with Gasteiger partial charge in [0.1, 0.15) is 0 Å².